The van der Waals surface area contributed by atoms with Crippen molar-refractivity contribution in [1.29, 1.82) is 0 Å². The molecule has 0 fully saturated rings. The van der Waals surface area contributed by atoms with Gasteiger partial charge in [-0.1, -0.05) is 6.07 Å². The fraction of sp³-hybridized carbons (Fsp3) is 0.429. The van der Waals surface area contributed by atoms with Gasteiger partial charge in [-0.3, -0.25) is 4.98 Å². The minimum atomic E-state index is -4.81. The first-order valence-electron chi connectivity index (χ1n) is 6.72. The first-order valence-corrected chi connectivity index (χ1v) is 6.72. The molecule has 2 aromatic heterocycles. The first-order chi connectivity index (χ1) is 10.3. The Balaban J connectivity index is 2.01. The van der Waals surface area contributed by atoms with Crippen molar-refractivity contribution in [3.63, 3.8) is 0 Å². The van der Waals surface area contributed by atoms with Crippen LogP contribution in [0, 0.1) is 0 Å². The number of aromatic nitrogens is 3. The molecule has 0 spiro atoms. The molecule has 5 nitrogen and oxygen atoms in total. The summed E-state index contributed by atoms with van der Waals surface area (Å²) in [6.45, 7) is 0.300. The lowest BCUT2D eigenvalue weighted by Gasteiger charge is -2.30. The molecule has 0 aliphatic heterocycles. The topological polar surface area (TPSA) is 63.0 Å². The number of imidazole rings is 1. The molecule has 0 saturated heterocycles. The van der Waals surface area contributed by atoms with Crippen LogP contribution in [0.15, 0.2) is 36.8 Å². The standard InChI is InChI=1S/C14H17F3N4O/c1-21-9-8-20-12(21)13(22,14(15,16)17)5-7-18-10-11-4-2-3-6-19-11/h2-4,6,8-9,18,22H,5,7,10H2,1H3. The number of hydrogen-bond donors (Lipinski definition) is 2. The van der Waals surface area contributed by atoms with E-state index in [1.165, 1.54) is 24.0 Å². The summed E-state index contributed by atoms with van der Waals surface area (Å²) in [7, 11) is 1.42. The van der Waals surface area contributed by atoms with Gasteiger partial charge >= 0.3 is 6.18 Å². The monoisotopic (exact) mass is 314 g/mol. The van der Waals surface area contributed by atoms with Gasteiger partial charge in [0.25, 0.3) is 0 Å². The van der Waals surface area contributed by atoms with Crippen LogP contribution in [0.5, 0.6) is 0 Å². The largest absolute Gasteiger partial charge is 0.424 e. The Hall–Kier alpha value is -1.93. The molecule has 0 aliphatic rings. The van der Waals surface area contributed by atoms with Crippen molar-refractivity contribution >= 4 is 0 Å². The molecule has 0 bridgehead atoms. The van der Waals surface area contributed by atoms with Crippen molar-refractivity contribution in [2.24, 2.45) is 7.05 Å². The lowest BCUT2D eigenvalue weighted by Crippen LogP contribution is -2.46. The number of aliphatic hydroxyl groups is 1. The zero-order valence-electron chi connectivity index (χ0n) is 12.0. The van der Waals surface area contributed by atoms with Gasteiger partial charge in [-0.25, -0.2) is 4.98 Å². The van der Waals surface area contributed by atoms with Crippen LogP contribution in [-0.4, -0.2) is 32.4 Å². The molecule has 2 rings (SSSR count). The van der Waals surface area contributed by atoms with Gasteiger partial charge in [-0.2, -0.15) is 13.2 Å². The molecule has 8 heteroatoms. The second-order valence-electron chi connectivity index (χ2n) is 4.97. The van der Waals surface area contributed by atoms with Crippen molar-refractivity contribution in [2.75, 3.05) is 6.54 Å². The summed E-state index contributed by atoms with van der Waals surface area (Å²) >= 11 is 0. The van der Waals surface area contributed by atoms with Crippen molar-refractivity contribution in [1.82, 2.24) is 19.9 Å². The van der Waals surface area contributed by atoms with E-state index in [0.717, 1.165) is 5.69 Å². The average Bonchev–Trinajstić information content (AvgIpc) is 2.90. The lowest BCUT2D eigenvalue weighted by atomic mass is 9.97. The number of rotatable bonds is 6. The van der Waals surface area contributed by atoms with Crippen LogP contribution < -0.4 is 5.32 Å². The van der Waals surface area contributed by atoms with Crippen LogP contribution in [0.4, 0.5) is 13.2 Å². The first kappa shape index (κ1) is 16.4. The SMILES string of the molecule is Cn1ccnc1C(O)(CCNCc1ccccn1)C(F)(F)F. The van der Waals surface area contributed by atoms with Crippen LogP contribution in [0.3, 0.4) is 0 Å². The Morgan fingerprint density at radius 3 is 2.55 bits per heavy atom. The summed E-state index contributed by atoms with van der Waals surface area (Å²) in [5.41, 5.74) is -2.27. The number of halogens is 3. The average molecular weight is 314 g/mol. The predicted molar refractivity (Wildman–Crippen MR) is 73.7 cm³/mol. The highest BCUT2D eigenvalue weighted by atomic mass is 19.4. The van der Waals surface area contributed by atoms with Crippen LogP contribution in [0.25, 0.3) is 0 Å². The van der Waals surface area contributed by atoms with E-state index in [1.54, 1.807) is 24.4 Å². The van der Waals surface area contributed by atoms with E-state index in [1.807, 2.05) is 0 Å². The van der Waals surface area contributed by atoms with Gasteiger partial charge in [-0.15, -0.1) is 0 Å². The minimum absolute atomic E-state index is 0.0283. The Labute approximate surface area is 125 Å². The molecule has 0 aromatic carbocycles. The highest BCUT2D eigenvalue weighted by Gasteiger charge is 2.56. The number of hydrogen-bond acceptors (Lipinski definition) is 4. The molecular formula is C14H17F3N4O. The zero-order chi connectivity index (χ0) is 16.2. The minimum Gasteiger partial charge on any atom is -0.374 e. The zero-order valence-corrected chi connectivity index (χ0v) is 12.0. The van der Waals surface area contributed by atoms with Gasteiger partial charge in [0, 0.05) is 38.6 Å². The van der Waals surface area contributed by atoms with E-state index in [-0.39, 0.29) is 6.54 Å². The predicted octanol–water partition coefficient (Wildman–Crippen LogP) is 1.74. The summed E-state index contributed by atoms with van der Waals surface area (Å²) in [6, 6.07) is 5.32. The maximum atomic E-state index is 13.3. The number of alkyl halides is 3. The van der Waals surface area contributed by atoms with Gasteiger partial charge in [0.05, 0.1) is 5.69 Å². The molecule has 120 valence electrons. The number of aryl methyl sites for hydroxylation is 1. The van der Waals surface area contributed by atoms with E-state index in [2.05, 4.69) is 15.3 Å². The Bertz CT molecular complexity index is 600. The molecule has 2 heterocycles. The maximum absolute atomic E-state index is 13.3. The van der Waals surface area contributed by atoms with E-state index in [4.69, 9.17) is 0 Å². The van der Waals surface area contributed by atoms with Gasteiger partial charge in [-0.05, 0) is 18.7 Å². The van der Waals surface area contributed by atoms with Gasteiger partial charge < -0.3 is 15.0 Å². The van der Waals surface area contributed by atoms with Crippen molar-refractivity contribution < 1.29 is 18.3 Å². The van der Waals surface area contributed by atoms with E-state index in [9.17, 15) is 18.3 Å². The molecule has 0 amide bonds. The molecular weight excluding hydrogens is 297 g/mol. The highest BCUT2D eigenvalue weighted by molar-refractivity contribution is 5.09. The third-order valence-electron chi connectivity index (χ3n) is 3.36. The molecule has 1 unspecified atom stereocenters. The summed E-state index contributed by atoms with van der Waals surface area (Å²) in [6.07, 6.45) is -1.13. The molecule has 0 radical (unpaired) electrons. The van der Waals surface area contributed by atoms with E-state index < -0.39 is 24.0 Å². The van der Waals surface area contributed by atoms with Crippen LogP contribution in [0.2, 0.25) is 0 Å². The summed E-state index contributed by atoms with van der Waals surface area (Å²) in [4.78, 5) is 7.71. The molecule has 2 N–H and O–H groups in total. The number of pyridine rings is 1. The Morgan fingerprint density at radius 2 is 2.00 bits per heavy atom. The lowest BCUT2D eigenvalue weighted by molar-refractivity contribution is -0.272. The Kier molecular flexibility index (Phi) is 4.82. The summed E-state index contributed by atoms with van der Waals surface area (Å²) in [5.74, 6) is -0.417. The van der Waals surface area contributed by atoms with Gasteiger partial charge in [0.1, 0.15) is 5.82 Å². The smallest absolute Gasteiger partial charge is 0.374 e. The molecule has 1 atom stereocenters. The second-order valence-corrected chi connectivity index (χ2v) is 4.97. The Morgan fingerprint density at radius 1 is 1.23 bits per heavy atom. The summed E-state index contributed by atoms with van der Waals surface area (Å²) in [5, 5.41) is 13.0. The van der Waals surface area contributed by atoms with Crippen LogP contribution in [0.1, 0.15) is 17.9 Å². The fourth-order valence-electron chi connectivity index (χ4n) is 2.13. The number of nitrogens with one attached hydrogen (secondary N) is 1. The third-order valence-corrected chi connectivity index (χ3v) is 3.36. The van der Waals surface area contributed by atoms with E-state index in [0.29, 0.717) is 6.54 Å². The fourth-order valence-corrected chi connectivity index (χ4v) is 2.13. The van der Waals surface area contributed by atoms with E-state index >= 15 is 0 Å². The molecule has 0 saturated carbocycles. The maximum Gasteiger partial charge on any atom is 0.424 e. The van der Waals surface area contributed by atoms with Gasteiger partial charge in [0.15, 0.2) is 0 Å². The van der Waals surface area contributed by atoms with Crippen molar-refractivity contribution in [2.45, 2.75) is 24.7 Å². The van der Waals surface area contributed by atoms with Gasteiger partial charge in [0.2, 0.25) is 5.60 Å². The van der Waals surface area contributed by atoms with Crippen molar-refractivity contribution in [3.8, 4) is 0 Å². The normalized spacial score (nSPS) is 14.8. The number of nitrogens with zero attached hydrogens (tertiary/aromatic N) is 3. The second kappa shape index (κ2) is 6.45. The quantitative estimate of drug-likeness (QED) is 0.797. The summed E-state index contributed by atoms with van der Waals surface area (Å²) < 4.78 is 40.9. The highest BCUT2D eigenvalue weighted by Crippen LogP contribution is 2.40. The molecule has 2 aromatic rings. The van der Waals surface area contributed by atoms with Crippen LogP contribution >= 0.6 is 0 Å². The third kappa shape index (κ3) is 3.45. The van der Waals surface area contributed by atoms with Crippen molar-refractivity contribution in [3.05, 3.63) is 48.3 Å². The molecule has 0 aliphatic carbocycles. The van der Waals surface area contributed by atoms with Crippen LogP contribution in [-0.2, 0) is 19.2 Å². The molecule has 22 heavy (non-hydrogen) atoms.